The average Bonchev–Trinajstić information content (AvgIpc) is 2.44. The quantitative estimate of drug-likeness (QED) is 0.868. The summed E-state index contributed by atoms with van der Waals surface area (Å²) in [6, 6.07) is 16.0. The van der Waals surface area contributed by atoms with Gasteiger partial charge in [0.2, 0.25) is 0 Å². The maximum atomic E-state index is 5.91. The molecule has 0 aliphatic carbocycles. The van der Waals surface area contributed by atoms with E-state index in [9.17, 15) is 0 Å². The summed E-state index contributed by atoms with van der Waals surface area (Å²) in [5.74, 6) is 0.798. The fourth-order valence-electron chi connectivity index (χ4n) is 1.79. The first-order chi connectivity index (χ1) is 9.28. The Balaban J connectivity index is 1.89. The van der Waals surface area contributed by atoms with Crippen LogP contribution in [0.1, 0.15) is 11.1 Å². The summed E-state index contributed by atoms with van der Waals surface area (Å²) < 4.78 is 5.70. The number of likely N-dealkylation sites (N-methyl/N-ethyl adjacent to an activating group) is 1. The Bertz CT molecular complexity index is 510. The SMILES string of the molecule is CNCCc1ccc(COc2cccc(Cl)c2)cc1. The molecule has 0 amide bonds. The predicted octanol–water partition coefficient (Wildman–Crippen LogP) is 3.68. The van der Waals surface area contributed by atoms with E-state index < -0.39 is 0 Å². The van der Waals surface area contributed by atoms with Gasteiger partial charge in [0.1, 0.15) is 12.4 Å². The fourth-order valence-corrected chi connectivity index (χ4v) is 1.98. The molecule has 0 radical (unpaired) electrons. The zero-order valence-corrected chi connectivity index (χ0v) is 11.8. The molecule has 0 heterocycles. The minimum Gasteiger partial charge on any atom is -0.489 e. The third-order valence-electron chi connectivity index (χ3n) is 2.89. The molecule has 0 aromatic heterocycles. The van der Waals surface area contributed by atoms with Gasteiger partial charge in [-0.3, -0.25) is 0 Å². The van der Waals surface area contributed by atoms with E-state index >= 15 is 0 Å². The molecule has 1 N–H and O–H groups in total. The Morgan fingerprint density at radius 1 is 1.05 bits per heavy atom. The van der Waals surface area contributed by atoms with Crippen LogP contribution in [0.25, 0.3) is 0 Å². The van der Waals surface area contributed by atoms with E-state index in [4.69, 9.17) is 16.3 Å². The van der Waals surface area contributed by atoms with Crippen LogP contribution in [0.4, 0.5) is 0 Å². The van der Waals surface area contributed by atoms with Crippen LogP contribution in [0.2, 0.25) is 5.02 Å². The summed E-state index contributed by atoms with van der Waals surface area (Å²) in [5.41, 5.74) is 2.49. The predicted molar refractivity (Wildman–Crippen MR) is 79.9 cm³/mol. The molecule has 2 rings (SSSR count). The van der Waals surface area contributed by atoms with Crippen molar-refractivity contribution < 1.29 is 4.74 Å². The first kappa shape index (κ1) is 13.9. The standard InChI is InChI=1S/C16H18ClNO/c1-18-10-9-13-5-7-14(8-6-13)12-19-16-4-2-3-15(17)11-16/h2-8,11,18H,9-10,12H2,1H3. The first-order valence-corrected chi connectivity index (χ1v) is 6.76. The monoisotopic (exact) mass is 275 g/mol. The van der Waals surface area contributed by atoms with Gasteiger partial charge in [-0.2, -0.15) is 0 Å². The van der Waals surface area contributed by atoms with E-state index in [1.807, 2.05) is 31.3 Å². The van der Waals surface area contributed by atoms with Crippen molar-refractivity contribution in [3.05, 3.63) is 64.7 Å². The highest BCUT2D eigenvalue weighted by Gasteiger charge is 1.98. The molecule has 2 nitrogen and oxygen atoms in total. The molecule has 0 saturated heterocycles. The van der Waals surface area contributed by atoms with Gasteiger partial charge in [-0.1, -0.05) is 41.9 Å². The normalized spacial score (nSPS) is 10.4. The van der Waals surface area contributed by atoms with Gasteiger partial charge in [-0.15, -0.1) is 0 Å². The maximum Gasteiger partial charge on any atom is 0.121 e. The van der Waals surface area contributed by atoms with Gasteiger partial charge in [0.05, 0.1) is 0 Å². The van der Waals surface area contributed by atoms with Crippen molar-refractivity contribution in [2.75, 3.05) is 13.6 Å². The zero-order valence-electron chi connectivity index (χ0n) is 11.0. The van der Waals surface area contributed by atoms with E-state index in [2.05, 4.69) is 29.6 Å². The molecule has 0 bridgehead atoms. The molecule has 0 unspecified atom stereocenters. The highest BCUT2D eigenvalue weighted by molar-refractivity contribution is 6.30. The lowest BCUT2D eigenvalue weighted by Gasteiger charge is -2.07. The highest BCUT2D eigenvalue weighted by atomic mass is 35.5. The van der Waals surface area contributed by atoms with Crippen molar-refractivity contribution in [1.29, 1.82) is 0 Å². The van der Waals surface area contributed by atoms with Crippen molar-refractivity contribution in [2.24, 2.45) is 0 Å². The van der Waals surface area contributed by atoms with Gasteiger partial charge in [-0.05, 0) is 49.3 Å². The van der Waals surface area contributed by atoms with Crippen LogP contribution in [0.5, 0.6) is 5.75 Å². The molecule has 0 aliphatic heterocycles. The number of ether oxygens (including phenoxy) is 1. The van der Waals surface area contributed by atoms with Gasteiger partial charge in [0, 0.05) is 5.02 Å². The Kier molecular flexibility index (Phi) is 5.25. The molecule has 0 spiro atoms. The Morgan fingerprint density at radius 2 is 1.79 bits per heavy atom. The molecule has 100 valence electrons. The molecule has 0 atom stereocenters. The minimum atomic E-state index is 0.562. The summed E-state index contributed by atoms with van der Waals surface area (Å²) in [4.78, 5) is 0. The third kappa shape index (κ3) is 4.58. The van der Waals surface area contributed by atoms with Gasteiger partial charge in [-0.25, -0.2) is 0 Å². The van der Waals surface area contributed by atoms with E-state index in [1.165, 1.54) is 5.56 Å². The van der Waals surface area contributed by atoms with Crippen molar-refractivity contribution in [2.45, 2.75) is 13.0 Å². The summed E-state index contributed by atoms with van der Waals surface area (Å²) in [6.45, 7) is 1.56. The maximum absolute atomic E-state index is 5.91. The molecule has 0 saturated carbocycles. The average molecular weight is 276 g/mol. The van der Waals surface area contributed by atoms with Gasteiger partial charge >= 0.3 is 0 Å². The zero-order chi connectivity index (χ0) is 13.5. The van der Waals surface area contributed by atoms with Crippen LogP contribution >= 0.6 is 11.6 Å². The van der Waals surface area contributed by atoms with Crippen molar-refractivity contribution in [3.63, 3.8) is 0 Å². The summed E-state index contributed by atoms with van der Waals surface area (Å²) in [6.07, 6.45) is 1.05. The molecule has 19 heavy (non-hydrogen) atoms. The summed E-state index contributed by atoms with van der Waals surface area (Å²) in [7, 11) is 1.97. The number of benzene rings is 2. The second-order valence-electron chi connectivity index (χ2n) is 4.42. The summed E-state index contributed by atoms with van der Waals surface area (Å²) in [5, 5.41) is 3.84. The number of hydrogen-bond donors (Lipinski definition) is 1. The third-order valence-corrected chi connectivity index (χ3v) is 3.12. The number of halogens is 1. The molecule has 0 aliphatic rings. The van der Waals surface area contributed by atoms with E-state index in [0.29, 0.717) is 11.6 Å². The molecule has 2 aromatic carbocycles. The molecular formula is C16H18ClNO. The van der Waals surface area contributed by atoms with Crippen molar-refractivity contribution >= 4 is 11.6 Å². The Hall–Kier alpha value is -1.51. The summed E-state index contributed by atoms with van der Waals surface area (Å²) >= 11 is 5.91. The molecule has 0 fully saturated rings. The van der Waals surface area contributed by atoms with Crippen LogP contribution in [-0.2, 0) is 13.0 Å². The second kappa shape index (κ2) is 7.17. The van der Waals surface area contributed by atoms with E-state index in [0.717, 1.165) is 24.3 Å². The van der Waals surface area contributed by atoms with Crippen molar-refractivity contribution in [3.8, 4) is 5.75 Å². The topological polar surface area (TPSA) is 21.3 Å². The second-order valence-corrected chi connectivity index (χ2v) is 4.85. The Labute approximate surface area is 119 Å². The van der Waals surface area contributed by atoms with Crippen LogP contribution in [0.15, 0.2) is 48.5 Å². The first-order valence-electron chi connectivity index (χ1n) is 6.39. The van der Waals surface area contributed by atoms with Crippen LogP contribution < -0.4 is 10.1 Å². The van der Waals surface area contributed by atoms with Gasteiger partial charge < -0.3 is 10.1 Å². The van der Waals surface area contributed by atoms with E-state index in [-0.39, 0.29) is 0 Å². The van der Waals surface area contributed by atoms with E-state index in [1.54, 1.807) is 0 Å². The van der Waals surface area contributed by atoms with Crippen molar-refractivity contribution in [1.82, 2.24) is 5.32 Å². The van der Waals surface area contributed by atoms with Gasteiger partial charge in [0.15, 0.2) is 0 Å². The largest absolute Gasteiger partial charge is 0.489 e. The number of hydrogen-bond acceptors (Lipinski definition) is 2. The Morgan fingerprint density at radius 3 is 2.47 bits per heavy atom. The lowest BCUT2D eigenvalue weighted by molar-refractivity contribution is 0.306. The van der Waals surface area contributed by atoms with Crippen LogP contribution in [0, 0.1) is 0 Å². The lowest BCUT2D eigenvalue weighted by Crippen LogP contribution is -2.10. The van der Waals surface area contributed by atoms with Crippen LogP contribution in [0.3, 0.4) is 0 Å². The number of rotatable bonds is 6. The van der Waals surface area contributed by atoms with Crippen LogP contribution in [-0.4, -0.2) is 13.6 Å². The molecule has 2 aromatic rings. The fraction of sp³-hybridized carbons (Fsp3) is 0.250. The molecule has 3 heteroatoms. The molecular weight excluding hydrogens is 258 g/mol. The minimum absolute atomic E-state index is 0.562. The smallest absolute Gasteiger partial charge is 0.121 e. The van der Waals surface area contributed by atoms with Gasteiger partial charge in [0.25, 0.3) is 0 Å². The number of nitrogens with one attached hydrogen (secondary N) is 1. The lowest BCUT2D eigenvalue weighted by atomic mass is 10.1. The highest BCUT2D eigenvalue weighted by Crippen LogP contribution is 2.18.